The molecule has 152 valence electrons. The average molecular weight is 390 g/mol. The van der Waals surface area contributed by atoms with E-state index in [2.05, 4.69) is 0 Å². The molecule has 2 aliphatic carbocycles. The lowest BCUT2D eigenvalue weighted by molar-refractivity contribution is -0.142. The lowest BCUT2D eigenvalue weighted by Crippen LogP contribution is -2.26. The zero-order valence-electron chi connectivity index (χ0n) is 15.6. The Hall–Kier alpha value is -1.17. The molecule has 1 aromatic rings. The second kappa shape index (κ2) is 8.46. The summed E-state index contributed by atoms with van der Waals surface area (Å²) in [6, 6.07) is 1.76. The van der Waals surface area contributed by atoms with E-state index in [4.69, 9.17) is 4.74 Å². The molecule has 0 bridgehead atoms. The molecule has 3 rings (SSSR count). The summed E-state index contributed by atoms with van der Waals surface area (Å²) in [6.45, 7) is 0.824. The van der Waals surface area contributed by atoms with Crippen LogP contribution < -0.4 is 0 Å². The minimum atomic E-state index is -5.01. The SMILES string of the molecule is COC[C@H]1CC[C@H](C2CCC(c3cc(F)c(C(F)(F)F)c(F)c3)CC2)CC1. The van der Waals surface area contributed by atoms with Crippen molar-refractivity contribution < 1.29 is 26.7 Å². The Morgan fingerprint density at radius 2 is 1.33 bits per heavy atom. The summed E-state index contributed by atoms with van der Waals surface area (Å²) >= 11 is 0. The Morgan fingerprint density at radius 3 is 1.78 bits per heavy atom. The van der Waals surface area contributed by atoms with E-state index in [0.717, 1.165) is 44.4 Å². The molecule has 0 unspecified atom stereocenters. The van der Waals surface area contributed by atoms with Crippen LogP contribution in [-0.2, 0) is 10.9 Å². The van der Waals surface area contributed by atoms with Crippen LogP contribution in [0.4, 0.5) is 22.0 Å². The number of benzene rings is 1. The van der Waals surface area contributed by atoms with Crippen LogP contribution in [0.15, 0.2) is 12.1 Å². The molecule has 27 heavy (non-hydrogen) atoms. The van der Waals surface area contributed by atoms with E-state index >= 15 is 0 Å². The molecule has 0 saturated heterocycles. The fourth-order valence-electron chi connectivity index (χ4n) is 5.09. The van der Waals surface area contributed by atoms with Crippen LogP contribution in [0.2, 0.25) is 0 Å². The first-order valence-corrected chi connectivity index (χ1v) is 9.84. The molecule has 1 nitrogen and oxygen atoms in total. The zero-order valence-corrected chi connectivity index (χ0v) is 15.6. The van der Waals surface area contributed by atoms with Crippen molar-refractivity contribution in [3.63, 3.8) is 0 Å². The van der Waals surface area contributed by atoms with Crippen molar-refractivity contribution in [3.05, 3.63) is 34.9 Å². The molecule has 0 radical (unpaired) electrons. The molecule has 2 aliphatic rings. The van der Waals surface area contributed by atoms with E-state index in [0.29, 0.717) is 23.3 Å². The third-order valence-electron chi connectivity index (χ3n) is 6.55. The standard InChI is InChI=1S/C21H27F5O/c1-27-12-13-2-4-14(5-3-13)15-6-8-16(9-7-15)17-10-18(22)20(19(23)11-17)21(24,25)26/h10-11,13-16H,2-9,12H2,1H3/t13-,14-,15?,16?. The fourth-order valence-corrected chi connectivity index (χ4v) is 5.09. The first kappa shape index (κ1) is 20.6. The van der Waals surface area contributed by atoms with Gasteiger partial charge in [-0.2, -0.15) is 13.2 Å². The Kier molecular flexibility index (Phi) is 6.44. The predicted octanol–water partition coefficient (Wildman–Crippen LogP) is 6.71. The number of hydrogen-bond acceptors (Lipinski definition) is 1. The van der Waals surface area contributed by atoms with Gasteiger partial charge in [-0.15, -0.1) is 0 Å². The molecule has 0 spiro atoms. The summed E-state index contributed by atoms with van der Waals surface area (Å²) in [5.41, 5.74) is -1.42. The molecule has 0 aliphatic heterocycles. The predicted molar refractivity (Wildman–Crippen MR) is 93.4 cm³/mol. The molecule has 0 N–H and O–H groups in total. The van der Waals surface area contributed by atoms with Crippen LogP contribution >= 0.6 is 0 Å². The quantitative estimate of drug-likeness (QED) is 0.519. The lowest BCUT2D eigenvalue weighted by Gasteiger charge is -2.38. The highest BCUT2D eigenvalue weighted by Gasteiger charge is 2.39. The van der Waals surface area contributed by atoms with Gasteiger partial charge in [-0.25, -0.2) is 8.78 Å². The van der Waals surface area contributed by atoms with E-state index in [1.807, 2.05) is 0 Å². The number of ether oxygens (including phenoxy) is 1. The molecule has 2 fully saturated rings. The number of halogens is 5. The van der Waals surface area contributed by atoms with Crippen LogP contribution in [-0.4, -0.2) is 13.7 Å². The van der Waals surface area contributed by atoms with Crippen LogP contribution in [0.3, 0.4) is 0 Å². The first-order valence-electron chi connectivity index (χ1n) is 9.84. The van der Waals surface area contributed by atoms with Gasteiger partial charge in [0.05, 0.1) is 0 Å². The van der Waals surface area contributed by atoms with Crippen molar-refractivity contribution >= 4 is 0 Å². The summed E-state index contributed by atoms with van der Waals surface area (Å²) < 4.78 is 71.1. The maximum Gasteiger partial charge on any atom is 0.422 e. The van der Waals surface area contributed by atoms with Gasteiger partial charge in [-0.05, 0) is 92.7 Å². The molecule has 0 amide bonds. The Balaban J connectivity index is 1.58. The van der Waals surface area contributed by atoms with Gasteiger partial charge in [-0.1, -0.05) is 0 Å². The van der Waals surface area contributed by atoms with Gasteiger partial charge in [0.2, 0.25) is 0 Å². The normalized spacial score (nSPS) is 29.7. The van der Waals surface area contributed by atoms with E-state index in [9.17, 15) is 22.0 Å². The van der Waals surface area contributed by atoms with E-state index in [-0.39, 0.29) is 5.92 Å². The smallest absolute Gasteiger partial charge is 0.384 e. The molecule has 1 aromatic carbocycles. The Labute approximate surface area is 157 Å². The summed E-state index contributed by atoms with van der Waals surface area (Å²) in [6.07, 6.45) is 3.30. The first-order chi connectivity index (χ1) is 12.8. The zero-order chi connectivity index (χ0) is 19.6. The van der Waals surface area contributed by atoms with Gasteiger partial charge < -0.3 is 4.74 Å². The molecule has 0 heterocycles. The van der Waals surface area contributed by atoms with Crippen molar-refractivity contribution in [3.8, 4) is 0 Å². The second-order valence-corrected chi connectivity index (χ2v) is 8.21. The van der Waals surface area contributed by atoms with Crippen LogP contribution in [0.1, 0.15) is 68.4 Å². The summed E-state index contributed by atoms with van der Waals surface area (Å²) in [4.78, 5) is 0. The highest BCUT2D eigenvalue weighted by Crippen LogP contribution is 2.45. The van der Waals surface area contributed by atoms with Gasteiger partial charge in [0.15, 0.2) is 0 Å². The number of methoxy groups -OCH3 is 1. The van der Waals surface area contributed by atoms with E-state index < -0.39 is 23.4 Å². The van der Waals surface area contributed by atoms with E-state index in [1.54, 1.807) is 7.11 Å². The maximum absolute atomic E-state index is 13.9. The van der Waals surface area contributed by atoms with Crippen molar-refractivity contribution in [1.29, 1.82) is 0 Å². The lowest BCUT2D eigenvalue weighted by atomic mass is 9.68. The van der Waals surface area contributed by atoms with E-state index in [1.165, 1.54) is 25.7 Å². The molecular formula is C21H27F5O. The largest absolute Gasteiger partial charge is 0.422 e. The minimum absolute atomic E-state index is 0.0580. The summed E-state index contributed by atoms with van der Waals surface area (Å²) in [7, 11) is 1.74. The average Bonchev–Trinajstić information content (AvgIpc) is 2.61. The van der Waals surface area contributed by atoms with Crippen molar-refractivity contribution in [2.24, 2.45) is 17.8 Å². The number of rotatable bonds is 4. The van der Waals surface area contributed by atoms with Crippen molar-refractivity contribution in [2.75, 3.05) is 13.7 Å². The van der Waals surface area contributed by atoms with Gasteiger partial charge in [0.25, 0.3) is 0 Å². The molecule has 0 aromatic heterocycles. The highest BCUT2D eigenvalue weighted by atomic mass is 19.4. The molecule has 6 heteroatoms. The third-order valence-corrected chi connectivity index (χ3v) is 6.55. The van der Waals surface area contributed by atoms with Gasteiger partial charge in [0.1, 0.15) is 17.2 Å². The Bertz CT molecular complexity index is 603. The van der Waals surface area contributed by atoms with Crippen LogP contribution in [0, 0.1) is 29.4 Å². The Morgan fingerprint density at radius 1 is 0.852 bits per heavy atom. The molecule has 0 atom stereocenters. The molecule has 2 saturated carbocycles. The monoisotopic (exact) mass is 390 g/mol. The van der Waals surface area contributed by atoms with Crippen LogP contribution in [0.25, 0.3) is 0 Å². The third kappa shape index (κ3) is 4.82. The second-order valence-electron chi connectivity index (χ2n) is 8.21. The summed E-state index contributed by atoms with van der Waals surface area (Å²) in [5, 5.41) is 0. The fraction of sp³-hybridized carbons (Fsp3) is 0.714. The number of alkyl halides is 3. The number of hydrogen-bond donors (Lipinski definition) is 0. The summed E-state index contributed by atoms with van der Waals surface area (Å²) in [5.74, 6) is -1.10. The van der Waals surface area contributed by atoms with Gasteiger partial charge in [-0.3, -0.25) is 0 Å². The van der Waals surface area contributed by atoms with Crippen LogP contribution in [0.5, 0.6) is 0 Å². The van der Waals surface area contributed by atoms with Crippen molar-refractivity contribution in [1.82, 2.24) is 0 Å². The van der Waals surface area contributed by atoms with Gasteiger partial charge in [0, 0.05) is 13.7 Å². The highest BCUT2D eigenvalue weighted by molar-refractivity contribution is 5.30. The van der Waals surface area contributed by atoms with Crippen molar-refractivity contribution in [2.45, 2.75) is 63.5 Å². The topological polar surface area (TPSA) is 9.23 Å². The molecular weight excluding hydrogens is 363 g/mol. The van der Waals surface area contributed by atoms with Gasteiger partial charge >= 0.3 is 6.18 Å². The maximum atomic E-state index is 13.9. The minimum Gasteiger partial charge on any atom is -0.384 e.